The lowest BCUT2D eigenvalue weighted by molar-refractivity contribution is -0.121. The summed E-state index contributed by atoms with van der Waals surface area (Å²) in [5.74, 6) is -0.283. The molecule has 1 atom stereocenters. The molecule has 2 amide bonds. The Bertz CT molecular complexity index is 449. The fourth-order valence-corrected chi connectivity index (χ4v) is 2.22. The predicted molar refractivity (Wildman–Crippen MR) is 73.6 cm³/mol. The van der Waals surface area contributed by atoms with Gasteiger partial charge in [0, 0.05) is 25.1 Å². The van der Waals surface area contributed by atoms with Gasteiger partial charge in [-0.3, -0.25) is 9.59 Å². The molecule has 1 aromatic carbocycles. The summed E-state index contributed by atoms with van der Waals surface area (Å²) in [5.41, 5.74) is 7.26. The van der Waals surface area contributed by atoms with E-state index in [0.29, 0.717) is 19.4 Å². The molecule has 0 aliphatic carbocycles. The quantitative estimate of drug-likeness (QED) is 0.662. The lowest BCUT2D eigenvalue weighted by Crippen LogP contribution is -2.38. The molecule has 5 heteroatoms. The van der Waals surface area contributed by atoms with Gasteiger partial charge < -0.3 is 16.4 Å². The van der Waals surface area contributed by atoms with Crippen LogP contribution in [0.15, 0.2) is 24.3 Å². The molecule has 1 aliphatic rings. The average Bonchev–Trinajstić information content (AvgIpc) is 2.81. The molecule has 0 aromatic heterocycles. The summed E-state index contributed by atoms with van der Waals surface area (Å²) < 4.78 is 0. The summed E-state index contributed by atoms with van der Waals surface area (Å²) in [7, 11) is 0. The Morgan fingerprint density at radius 1 is 1.32 bits per heavy atom. The van der Waals surface area contributed by atoms with Gasteiger partial charge in [-0.1, -0.05) is 18.2 Å². The zero-order chi connectivity index (χ0) is 13.7. The summed E-state index contributed by atoms with van der Waals surface area (Å²) in [6.45, 7) is 0.584. The summed E-state index contributed by atoms with van der Waals surface area (Å²) in [6, 6.07) is 7.76. The van der Waals surface area contributed by atoms with Crippen LogP contribution in [-0.4, -0.2) is 24.4 Å². The van der Waals surface area contributed by atoms with E-state index in [1.165, 1.54) is 5.56 Å². The summed E-state index contributed by atoms with van der Waals surface area (Å²) in [4.78, 5) is 22.5. The third-order valence-electron chi connectivity index (χ3n) is 3.24. The molecular weight excluding hydrogens is 242 g/mol. The van der Waals surface area contributed by atoms with Crippen molar-refractivity contribution in [1.29, 1.82) is 0 Å². The molecule has 0 spiro atoms. The molecule has 0 saturated heterocycles. The van der Waals surface area contributed by atoms with Gasteiger partial charge in [-0.05, 0) is 24.5 Å². The van der Waals surface area contributed by atoms with Gasteiger partial charge in [-0.2, -0.15) is 0 Å². The average molecular weight is 261 g/mol. The van der Waals surface area contributed by atoms with Gasteiger partial charge in [0.05, 0.1) is 0 Å². The van der Waals surface area contributed by atoms with Crippen LogP contribution in [0.25, 0.3) is 0 Å². The minimum atomic E-state index is -0.292. The number of anilines is 1. The summed E-state index contributed by atoms with van der Waals surface area (Å²) in [5, 5.41) is 6.09. The van der Waals surface area contributed by atoms with Crippen LogP contribution in [0, 0.1) is 0 Å². The van der Waals surface area contributed by atoms with E-state index in [-0.39, 0.29) is 17.9 Å². The third-order valence-corrected chi connectivity index (χ3v) is 3.24. The van der Waals surface area contributed by atoms with Crippen molar-refractivity contribution in [3.63, 3.8) is 0 Å². The van der Waals surface area contributed by atoms with E-state index in [1.54, 1.807) is 0 Å². The highest BCUT2D eigenvalue weighted by molar-refractivity contribution is 5.87. The molecule has 19 heavy (non-hydrogen) atoms. The topological polar surface area (TPSA) is 84.2 Å². The van der Waals surface area contributed by atoms with Gasteiger partial charge in [0.2, 0.25) is 11.8 Å². The van der Waals surface area contributed by atoms with Crippen LogP contribution in [0.3, 0.4) is 0 Å². The first-order valence-electron chi connectivity index (χ1n) is 6.57. The molecule has 0 saturated carbocycles. The van der Waals surface area contributed by atoms with Crippen molar-refractivity contribution in [3.8, 4) is 0 Å². The number of amides is 2. The fourth-order valence-electron chi connectivity index (χ4n) is 2.22. The maximum absolute atomic E-state index is 11.9. The molecule has 5 nitrogen and oxygen atoms in total. The largest absolute Gasteiger partial charge is 0.373 e. The Labute approximate surface area is 112 Å². The van der Waals surface area contributed by atoms with E-state index in [0.717, 1.165) is 18.5 Å². The van der Waals surface area contributed by atoms with Crippen LogP contribution < -0.4 is 16.4 Å². The molecule has 0 radical (unpaired) electrons. The third kappa shape index (κ3) is 3.71. The number of fused-ring (bicyclic) bond motifs is 1. The number of rotatable bonds is 6. The number of carbonyl (C=O) groups excluding carboxylic acids is 2. The van der Waals surface area contributed by atoms with Crippen LogP contribution in [0.5, 0.6) is 0 Å². The second-order valence-corrected chi connectivity index (χ2v) is 4.77. The minimum absolute atomic E-state index is 0.00951. The van der Waals surface area contributed by atoms with Crippen LogP contribution in [0.1, 0.15) is 24.8 Å². The van der Waals surface area contributed by atoms with Gasteiger partial charge >= 0.3 is 0 Å². The van der Waals surface area contributed by atoms with E-state index in [2.05, 4.69) is 10.6 Å². The lowest BCUT2D eigenvalue weighted by Gasteiger charge is -2.11. The standard InChI is InChI=1S/C14H19N3O2/c15-13(18)7-3-4-8-16-14(19)12-9-10-5-1-2-6-11(10)17-12/h1-2,5-6,12,17H,3-4,7-9H2,(H2,15,18)(H,16,19)/t12-/m0/s1. The maximum Gasteiger partial charge on any atom is 0.242 e. The molecule has 2 rings (SSSR count). The molecule has 1 aliphatic heterocycles. The van der Waals surface area contributed by atoms with Crippen LogP contribution in [0.2, 0.25) is 0 Å². The molecular formula is C14H19N3O2. The van der Waals surface area contributed by atoms with Gasteiger partial charge in [0.25, 0.3) is 0 Å². The van der Waals surface area contributed by atoms with E-state index < -0.39 is 0 Å². The zero-order valence-corrected chi connectivity index (χ0v) is 10.8. The van der Waals surface area contributed by atoms with Crippen LogP contribution in [0.4, 0.5) is 5.69 Å². The van der Waals surface area contributed by atoms with Crippen molar-refractivity contribution in [2.24, 2.45) is 5.73 Å². The van der Waals surface area contributed by atoms with Crippen LogP contribution in [-0.2, 0) is 16.0 Å². The van der Waals surface area contributed by atoms with Crippen molar-refractivity contribution in [2.75, 3.05) is 11.9 Å². The highest BCUT2D eigenvalue weighted by Crippen LogP contribution is 2.24. The Morgan fingerprint density at radius 3 is 2.84 bits per heavy atom. The van der Waals surface area contributed by atoms with Crippen molar-refractivity contribution < 1.29 is 9.59 Å². The molecule has 102 valence electrons. The fraction of sp³-hybridized carbons (Fsp3) is 0.429. The van der Waals surface area contributed by atoms with E-state index >= 15 is 0 Å². The molecule has 1 aromatic rings. The highest BCUT2D eigenvalue weighted by atomic mass is 16.2. The second-order valence-electron chi connectivity index (χ2n) is 4.77. The van der Waals surface area contributed by atoms with Crippen molar-refractivity contribution in [1.82, 2.24) is 5.32 Å². The number of nitrogens with one attached hydrogen (secondary N) is 2. The minimum Gasteiger partial charge on any atom is -0.373 e. The lowest BCUT2D eigenvalue weighted by atomic mass is 10.1. The highest BCUT2D eigenvalue weighted by Gasteiger charge is 2.25. The molecule has 4 N–H and O–H groups in total. The summed E-state index contributed by atoms with van der Waals surface area (Å²) in [6.07, 6.45) is 2.59. The van der Waals surface area contributed by atoms with Gasteiger partial charge in [0.15, 0.2) is 0 Å². The molecule has 0 bridgehead atoms. The van der Waals surface area contributed by atoms with Crippen molar-refractivity contribution >= 4 is 17.5 Å². The number of carbonyl (C=O) groups is 2. The van der Waals surface area contributed by atoms with E-state index in [4.69, 9.17) is 5.73 Å². The smallest absolute Gasteiger partial charge is 0.242 e. The number of benzene rings is 1. The molecule has 1 heterocycles. The predicted octanol–water partition coefficient (Wildman–Crippen LogP) is 0.795. The van der Waals surface area contributed by atoms with Gasteiger partial charge in [-0.25, -0.2) is 0 Å². The Morgan fingerprint density at radius 2 is 2.11 bits per heavy atom. The monoisotopic (exact) mass is 261 g/mol. The van der Waals surface area contributed by atoms with E-state index in [9.17, 15) is 9.59 Å². The van der Waals surface area contributed by atoms with Crippen molar-refractivity contribution in [3.05, 3.63) is 29.8 Å². The molecule has 0 fully saturated rings. The Balaban J connectivity index is 1.70. The second kappa shape index (κ2) is 6.22. The number of nitrogens with two attached hydrogens (primary N) is 1. The number of unbranched alkanes of at least 4 members (excludes halogenated alkanes) is 1. The first-order chi connectivity index (χ1) is 9.16. The number of para-hydroxylation sites is 1. The number of hydrogen-bond donors (Lipinski definition) is 3. The first kappa shape index (κ1) is 13.4. The first-order valence-corrected chi connectivity index (χ1v) is 6.57. The normalized spacial score (nSPS) is 16.5. The number of primary amides is 1. The van der Waals surface area contributed by atoms with Crippen molar-refractivity contribution in [2.45, 2.75) is 31.7 Å². The zero-order valence-electron chi connectivity index (χ0n) is 10.8. The molecule has 0 unspecified atom stereocenters. The van der Waals surface area contributed by atoms with Crippen LogP contribution >= 0.6 is 0 Å². The SMILES string of the molecule is NC(=O)CCCCNC(=O)[C@@H]1Cc2ccccc2N1. The van der Waals surface area contributed by atoms with E-state index in [1.807, 2.05) is 24.3 Å². The van der Waals surface area contributed by atoms with Gasteiger partial charge in [0.1, 0.15) is 6.04 Å². The Kier molecular flexibility index (Phi) is 4.39. The van der Waals surface area contributed by atoms with Gasteiger partial charge in [-0.15, -0.1) is 0 Å². The Hall–Kier alpha value is -2.04. The summed E-state index contributed by atoms with van der Waals surface area (Å²) >= 11 is 0. The maximum atomic E-state index is 11.9. The number of hydrogen-bond acceptors (Lipinski definition) is 3.